The average molecular weight is 204 g/mol. The van der Waals surface area contributed by atoms with Gasteiger partial charge in [0.15, 0.2) is 0 Å². The fourth-order valence-corrected chi connectivity index (χ4v) is 2.84. The minimum atomic E-state index is 0.766. The molecule has 1 atom stereocenters. The van der Waals surface area contributed by atoms with Gasteiger partial charge < -0.3 is 0 Å². The van der Waals surface area contributed by atoms with Gasteiger partial charge in [0.25, 0.3) is 0 Å². The van der Waals surface area contributed by atoms with E-state index in [1.165, 1.54) is 51.4 Å². The lowest BCUT2D eigenvalue weighted by Crippen LogP contribution is -2.08. The summed E-state index contributed by atoms with van der Waals surface area (Å²) < 4.78 is 0. The van der Waals surface area contributed by atoms with E-state index in [1.54, 1.807) is 5.57 Å². The maximum atomic E-state index is 2.50. The largest absolute Gasteiger partial charge is 0.0811 e. The SMILES string of the molecule is CC1C=CC(C2CCCCCCC2)=CC1. The standard InChI is InChI=1S/C15H24/c1-13-9-11-15(12-10-13)14-7-5-3-2-4-6-8-14/h9,11-14H,2-8,10H2,1H3. The first-order chi connectivity index (χ1) is 7.36. The zero-order chi connectivity index (χ0) is 10.5. The molecule has 0 heteroatoms. The van der Waals surface area contributed by atoms with Gasteiger partial charge in [-0.05, 0) is 36.7 Å². The van der Waals surface area contributed by atoms with Gasteiger partial charge in [-0.25, -0.2) is 0 Å². The van der Waals surface area contributed by atoms with Crippen molar-refractivity contribution in [3.8, 4) is 0 Å². The smallest absolute Gasteiger partial charge is 0.0165 e. The average Bonchev–Trinajstić information content (AvgIpc) is 2.19. The Morgan fingerprint density at radius 2 is 1.67 bits per heavy atom. The van der Waals surface area contributed by atoms with E-state index < -0.39 is 0 Å². The highest BCUT2D eigenvalue weighted by Gasteiger charge is 2.16. The summed E-state index contributed by atoms with van der Waals surface area (Å²) in [7, 11) is 0. The molecule has 0 N–H and O–H groups in total. The van der Waals surface area contributed by atoms with Crippen LogP contribution in [-0.2, 0) is 0 Å². The predicted octanol–water partition coefficient (Wildman–Crippen LogP) is 4.87. The summed E-state index contributed by atoms with van der Waals surface area (Å²) >= 11 is 0. The van der Waals surface area contributed by atoms with Crippen LogP contribution in [0.5, 0.6) is 0 Å². The van der Waals surface area contributed by atoms with Gasteiger partial charge in [0.1, 0.15) is 0 Å². The lowest BCUT2D eigenvalue weighted by molar-refractivity contribution is 0.422. The van der Waals surface area contributed by atoms with Crippen LogP contribution in [0.2, 0.25) is 0 Å². The minimum absolute atomic E-state index is 0.766. The Morgan fingerprint density at radius 1 is 1.00 bits per heavy atom. The van der Waals surface area contributed by atoms with E-state index >= 15 is 0 Å². The number of allylic oxidation sites excluding steroid dienone is 4. The van der Waals surface area contributed by atoms with Gasteiger partial charge in [0, 0.05) is 0 Å². The van der Waals surface area contributed by atoms with Crippen LogP contribution in [0.25, 0.3) is 0 Å². The first-order valence-electron chi connectivity index (χ1n) is 6.74. The third-order valence-electron chi connectivity index (χ3n) is 3.92. The molecule has 2 aliphatic carbocycles. The fourth-order valence-electron chi connectivity index (χ4n) is 2.84. The quantitative estimate of drug-likeness (QED) is 0.571. The first kappa shape index (κ1) is 11.0. The maximum Gasteiger partial charge on any atom is -0.0165 e. The van der Waals surface area contributed by atoms with Crippen LogP contribution in [0.1, 0.15) is 58.3 Å². The van der Waals surface area contributed by atoms with E-state index in [9.17, 15) is 0 Å². The molecule has 0 aromatic rings. The highest BCUT2D eigenvalue weighted by Crippen LogP contribution is 2.31. The van der Waals surface area contributed by atoms with Crippen LogP contribution in [0.15, 0.2) is 23.8 Å². The van der Waals surface area contributed by atoms with Gasteiger partial charge in [-0.1, -0.05) is 57.3 Å². The molecule has 1 fully saturated rings. The topological polar surface area (TPSA) is 0 Å². The molecule has 1 unspecified atom stereocenters. The molecule has 0 saturated heterocycles. The van der Waals surface area contributed by atoms with Crippen LogP contribution >= 0.6 is 0 Å². The molecule has 0 nitrogen and oxygen atoms in total. The van der Waals surface area contributed by atoms with Gasteiger partial charge in [0.05, 0.1) is 0 Å². The number of rotatable bonds is 1. The zero-order valence-corrected chi connectivity index (χ0v) is 10.0. The lowest BCUT2D eigenvalue weighted by Gasteiger charge is -2.23. The van der Waals surface area contributed by atoms with Crippen molar-refractivity contribution in [3.63, 3.8) is 0 Å². The van der Waals surface area contributed by atoms with Crippen molar-refractivity contribution in [1.29, 1.82) is 0 Å². The normalized spacial score (nSPS) is 29.4. The molecule has 0 aliphatic heterocycles. The summed E-state index contributed by atoms with van der Waals surface area (Å²) in [5.74, 6) is 1.65. The van der Waals surface area contributed by atoms with Crippen molar-refractivity contribution in [2.45, 2.75) is 58.3 Å². The first-order valence-corrected chi connectivity index (χ1v) is 6.74. The van der Waals surface area contributed by atoms with Crippen molar-refractivity contribution in [3.05, 3.63) is 23.8 Å². The summed E-state index contributed by atoms with van der Waals surface area (Å²) in [5, 5.41) is 0. The van der Waals surface area contributed by atoms with Crippen molar-refractivity contribution in [1.82, 2.24) is 0 Å². The molecule has 2 aliphatic rings. The molecule has 84 valence electrons. The molecule has 0 bridgehead atoms. The second-order valence-corrected chi connectivity index (χ2v) is 5.32. The maximum absolute atomic E-state index is 2.50. The van der Waals surface area contributed by atoms with Gasteiger partial charge >= 0.3 is 0 Å². The monoisotopic (exact) mass is 204 g/mol. The van der Waals surface area contributed by atoms with Gasteiger partial charge in [0.2, 0.25) is 0 Å². The van der Waals surface area contributed by atoms with E-state index in [1.807, 2.05) is 0 Å². The van der Waals surface area contributed by atoms with Gasteiger partial charge in [-0.3, -0.25) is 0 Å². The van der Waals surface area contributed by atoms with Gasteiger partial charge in [-0.2, -0.15) is 0 Å². The lowest BCUT2D eigenvalue weighted by atomic mass is 9.82. The Balaban J connectivity index is 1.93. The van der Waals surface area contributed by atoms with Crippen LogP contribution in [-0.4, -0.2) is 0 Å². The van der Waals surface area contributed by atoms with Crippen LogP contribution < -0.4 is 0 Å². The molecule has 0 heterocycles. The molecule has 0 aromatic carbocycles. The molecule has 0 radical (unpaired) electrons. The molecule has 0 aromatic heterocycles. The molecule has 0 spiro atoms. The van der Waals surface area contributed by atoms with E-state index in [4.69, 9.17) is 0 Å². The molecule has 15 heavy (non-hydrogen) atoms. The highest BCUT2D eigenvalue weighted by molar-refractivity contribution is 5.26. The van der Waals surface area contributed by atoms with Crippen molar-refractivity contribution < 1.29 is 0 Å². The third-order valence-corrected chi connectivity index (χ3v) is 3.92. The molecular formula is C15H24. The molecule has 1 saturated carbocycles. The number of hydrogen-bond acceptors (Lipinski definition) is 0. The fraction of sp³-hybridized carbons (Fsp3) is 0.733. The highest BCUT2D eigenvalue weighted by atomic mass is 14.2. The van der Waals surface area contributed by atoms with Crippen molar-refractivity contribution in [2.24, 2.45) is 11.8 Å². The third kappa shape index (κ3) is 3.22. The summed E-state index contributed by atoms with van der Waals surface area (Å²) in [4.78, 5) is 0. The number of hydrogen-bond donors (Lipinski definition) is 0. The molecule has 0 amide bonds. The Morgan fingerprint density at radius 3 is 2.27 bits per heavy atom. The van der Waals surface area contributed by atoms with E-state index in [0.717, 1.165) is 11.8 Å². The van der Waals surface area contributed by atoms with Crippen molar-refractivity contribution in [2.75, 3.05) is 0 Å². The minimum Gasteiger partial charge on any atom is -0.0811 e. The van der Waals surface area contributed by atoms with E-state index in [0.29, 0.717) is 0 Å². The Labute approximate surface area is 94.5 Å². The summed E-state index contributed by atoms with van der Waals surface area (Å²) in [6, 6.07) is 0. The predicted molar refractivity (Wildman–Crippen MR) is 66.8 cm³/mol. The van der Waals surface area contributed by atoms with E-state index in [-0.39, 0.29) is 0 Å². The Hall–Kier alpha value is -0.520. The zero-order valence-electron chi connectivity index (χ0n) is 10.0. The van der Waals surface area contributed by atoms with Crippen LogP contribution in [0.3, 0.4) is 0 Å². The summed E-state index contributed by atoms with van der Waals surface area (Å²) in [6.45, 7) is 2.31. The second kappa shape index (κ2) is 5.53. The van der Waals surface area contributed by atoms with Crippen molar-refractivity contribution >= 4 is 0 Å². The summed E-state index contributed by atoms with van der Waals surface area (Å²) in [5.41, 5.74) is 1.65. The molecule has 2 rings (SSSR count). The molecular weight excluding hydrogens is 180 g/mol. The van der Waals surface area contributed by atoms with Gasteiger partial charge in [-0.15, -0.1) is 0 Å². The van der Waals surface area contributed by atoms with Crippen LogP contribution in [0, 0.1) is 11.8 Å². The van der Waals surface area contributed by atoms with Crippen LogP contribution in [0.4, 0.5) is 0 Å². The Kier molecular flexibility index (Phi) is 4.05. The van der Waals surface area contributed by atoms with E-state index in [2.05, 4.69) is 25.2 Å². The second-order valence-electron chi connectivity index (χ2n) is 5.32. The summed E-state index contributed by atoms with van der Waals surface area (Å²) in [6.07, 6.45) is 18.7. The Bertz CT molecular complexity index is 239.